The predicted octanol–water partition coefficient (Wildman–Crippen LogP) is 3.14. The van der Waals surface area contributed by atoms with E-state index in [9.17, 15) is 22.8 Å². The molecular weight excluding hydrogens is 359 g/mol. The van der Waals surface area contributed by atoms with Gasteiger partial charge in [-0.3, -0.25) is 14.6 Å². The standard InChI is InChI=1S/C19H13F3N3O2/c20-13-8-11(16(19(23)27)18(22)17(13)21)5-6-15(26)25-12-7-10-3-1-2-4-14(10)24-9-12/h1-4,6-9H,5H2,(H2,23,27)(H,25,26). The minimum atomic E-state index is -1.79. The summed E-state index contributed by atoms with van der Waals surface area (Å²) in [5.74, 6) is -6.79. The number of hydrogen-bond acceptors (Lipinski definition) is 3. The number of primary amides is 1. The average Bonchev–Trinajstić information content (AvgIpc) is 2.64. The van der Waals surface area contributed by atoms with Crippen molar-refractivity contribution in [2.24, 2.45) is 5.73 Å². The molecule has 0 aliphatic carbocycles. The van der Waals surface area contributed by atoms with Crippen LogP contribution in [0.1, 0.15) is 15.9 Å². The first-order valence-corrected chi connectivity index (χ1v) is 7.82. The van der Waals surface area contributed by atoms with Crippen LogP contribution < -0.4 is 11.1 Å². The molecule has 3 N–H and O–H groups in total. The lowest BCUT2D eigenvalue weighted by Crippen LogP contribution is -2.20. The van der Waals surface area contributed by atoms with Gasteiger partial charge in [-0.1, -0.05) is 18.2 Å². The molecular formula is C19H13F3N3O2. The Morgan fingerprint density at radius 1 is 1.11 bits per heavy atom. The Morgan fingerprint density at radius 3 is 2.59 bits per heavy atom. The Hall–Kier alpha value is -3.42. The highest BCUT2D eigenvalue weighted by Gasteiger charge is 2.22. The maximum absolute atomic E-state index is 13.8. The summed E-state index contributed by atoms with van der Waals surface area (Å²) in [6.07, 6.45) is 2.20. The van der Waals surface area contributed by atoms with Gasteiger partial charge < -0.3 is 11.1 Å². The summed E-state index contributed by atoms with van der Waals surface area (Å²) >= 11 is 0. The lowest BCUT2D eigenvalue weighted by molar-refractivity contribution is -0.113. The zero-order chi connectivity index (χ0) is 19.6. The zero-order valence-corrected chi connectivity index (χ0v) is 13.8. The van der Waals surface area contributed by atoms with Crippen LogP contribution in [0.3, 0.4) is 0 Å². The van der Waals surface area contributed by atoms with Crippen molar-refractivity contribution in [2.75, 3.05) is 5.32 Å². The fourth-order valence-electron chi connectivity index (χ4n) is 2.61. The van der Waals surface area contributed by atoms with Crippen LogP contribution in [0, 0.1) is 23.9 Å². The lowest BCUT2D eigenvalue weighted by Gasteiger charge is -2.10. The summed E-state index contributed by atoms with van der Waals surface area (Å²) in [5.41, 5.74) is 5.18. The number of nitrogens with one attached hydrogen (secondary N) is 1. The van der Waals surface area contributed by atoms with Crippen LogP contribution in [0.4, 0.5) is 18.9 Å². The Balaban J connectivity index is 1.74. The molecule has 137 valence electrons. The van der Waals surface area contributed by atoms with Crippen molar-refractivity contribution in [1.82, 2.24) is 4.98 Å². The highest BCUT2D eigenvalue weighted by atomic mass is 19.2. The molecule has 0 saturated carbocycles. The number of rotatable bonds is 5. The molecule has 2 amide bonds. The molecule has 0 saturated heterocycles. The van der Waals surface area contributed by atoms with Gasteiger partial charge in [0, 0.05) is 5.39 Å². The van der Waals surface area contributed by atoms with E-state index in [2.05, 4.69) is 10.3 Å². The monoisotopic (exact) mass is 372 g/mol. The zero-order valence-electron chi connectivity index (χ0n) is 13.8. The number of nitrogens with zero attached hydrogens (tertiary/aromatic N) is 1. The first-order chi connectivity index (χ1) is 12.9. The number of hydrogen-bond donors (Lipinski definition) is 2. The summed E-state index contributed by atoms with van der Waals surface area (Å²) in [7, 11) is 0. The number of aromatic nitrogens is 1. The van der Waals surface area contributed by atoms with Gasteiger partial charge in [-0.05, 0) is 30.2 Å². The third-order valence-corrected chi connectivity index (χ3v) is 3.86. The van der Waals surface area contributed by atoms with Gasteiger partial charge in [-0.15, -0.1) is 0 Å². The molecule has 0 aliphatic heterocycles. The second kappa shape index (κ2) is 7.45. The average molecular weight is 372 g/mol. The molecule has 0 unspecified atom stereocenters. The van der Waals surface area contributed by atoms with E-state index in [0.717, 1.165) is 17.3 Å². The van der Waals surface area contributed by atoms with E-state index in [1.54, 1.807) is 6.07 Å². The Morgan fingerprint density at radius 2 is 1.85 bits per heavy atom. The van der Waals surface area contributed by atoms with Gasteiger partial charge in [-0.25, -0.2) is 13.2 Å². The van der Waals surface area contributed by atoms with Crippen molar-refractivity contribution in [1.29, 1.82) is 0 Å². The number of halogens is 3. The number of fused-ring (bicyclic) bond motifs is 1. The van der Waals surface area contributed by atoms with Crippen LogP contribution in [-0.2, 0) is 11.2 Å². The van der Waals surface area contributed by atoms with Crippen LogP contribution in [-0.4, -0.2) is 16.8 Å². The predicted molar refractivity (Wildman–Crippen MR) is 93.2 cm³/mol. The van der Waals surface area contributed by atoms with Crippen molar-refractivity contribution in [3.05, 3.63) is 77.6 Å². The molecule has 1 heterocycles. The third kappa shape index (κ3) is 3.89. The Kier molecular flexibility index (Phi) is 5.07. The number of anilines is 1. The topological polar surface area (TPSA) is 85.1 Å². The smallest absolute Gasteiger partial charge is 0.252 e. The van der Waals surface area contributed by atoms with Gasteiger partial charge in [0.25, 0.3) is 5.91 Å². The molecule has 0 bridgehead atoms. The van der Waals surface area contributed by atoms with Gasteiger partial charge >= 0.3 is 0 Å². The molecule has 27 heavy (non-hydrogen) atoms. The summed E-state index contributed by atoms with van der Waals surface area (Å²) in [5, 5.41) is 3.37. The molecule has 3 aromatic rings. The van der Waals surface area contributed by atoms with E-state index in [0.29, 0.717) is 11.8 Å². The molecule has 0 atom stereocenters. The molecule has 0 fully saturated rings. The summed E-state index contributed by atoms with van der Waals surface area (Å²) in [6.45, 7) is 0. The lowest BCUT2D eigenvalue weighted by atomic mass is 10.0. The number of pyridine rings is 1. The largest absolute Gasteiger partial charge is 0.365 e. The van der Waals surface area contributed by atoms with Crippen molar-refractivity contribution in [3.63, 3.8) is 0 Å². The van der Waals surface area contributed by atoms with Gasteiger partial charge in [-0.2, -0.15) is 0 Å². The molecule has 1 radical (unpaired) electrons. The first kappa shape index (κ1) is 18.4. The van der Waals surface area contributed by atoms with Gasteiger partial charge in [0.2, 0.25) is 5.91 Å². The molecule has 5 nitrogen and oxygen atoms in total. The fourth-order valence-corrected chi connectivity index (χ4v) is 2.61. The second-order valence-corrected chi connectivity index (χ2v) is 5.70. The van der Waals surface area contributed by atoms with Crippen LogP contribution >= 0.6 is 0 Å². The molecule has 2 aromatic carbocycles. The van der Waals surface area contributed by atoms with Crippen LogP contribution in [0.2, 0.25) is 0 Å². The quantitative estimate of drug-likeness (QED) is 0.675. The number of para-hydroxylation sites is 1. The van der Waals surface area contributed by atoms with E-state index in [1.165, 1.54) is 6.20 Å². The molecule has 0 aliphatic rings. The normalized spacial score (nSPS) is 10.8. The first-order valence-electron chi connectivity index (χ1n) is 7.82. The fraction of sp³-hybridized carbons (Fsp3) is 0.0526. The van der Waals surface area contributed by atoms with Crippen LogP contribution in [0.25, 0.3) is 10.9 Å². The highest BCUT2D eigenvalue weighted by Crippen LogP contribution is 2.21. The number of amides is 2. The molecule has 8 heteroatoms. The van der Waals surface area contributed by atoms with E-state index in [-0.39, 0.29) is 12.0 Å². The summed E-state index contributed by atoms with van der Waals surface area (Å²) < 4.78 is 40.5. The van der Waals surface area contributed by atoms with E-state index in [4.69, 9.17) is 5.73 Å². The van der Waals surface area contributed by atoms with Crippen molar-refractivity contribution >= 4 is 28.4 Å². The summed E-state index contributed by atoms with van der Waals surface area (Å²) in [4.78, 5) is 27.6. The third-order valence-electron chi connectivity index (χ3n) is 3.86. The highest BCUT2D eigenvalue weighted by molar-refractivity contribution is 5.99. The summed E-state index contributed by atoms with van der Waals surface area (Å²) in [6, 6.07) is 9.64. The van der Waals surface area contributed by atoms with Crippen LogP contribution in [0.5, 0.6) is 0 Å². The number of carbonyl (C=O) groups excluding carboxylic acids is 2. The maximum atomic E-state index is 13.8. The minimum absolute atomic E-state index is 0.231. The van der Waals surface area contributed by atoms with Crippen LogP contribution in [0.15, 0.2) is 42.6 Å². The Bertz CT molecular complexity index is 1050. The minimum Gasteiger partial charge on any atom is -0.365 e. The van der Waals surface area contributed by atoms with Gasteiger partial charge in [0.15, 0.2) is 17.5 Å². The number of nitrogens with two attached hydrogens (primary N) is 1. The van der Waals surface area contributed by atoms with Crippen molar-refractivity contribution < 1.29 is 22.8 Å². The number of carbonyl (C=O) groups is 2. The molecule has 0 spiro atoms. The van der Waals surface area contributed by atoms with E-state index < -0.39 is 34.8 Å². The van der Waals surface area contributed by atoms with Crippen molar-refractivity contribution in [3.8, 4) is 0 Å². The van der Waals surface area contributed by atoms with E-state index >= 15 is 0 Å². The Labute approximate surface area is 152 Å². The molecule has 1 aromatic heterocycles. The van der Waals surface area contributed by atoms with E-state index in [1.807, 2.05) is 24.3 Å². The maximum Gasteiger partial charge on any atom is 0.252 e. The second-order valence-electron chi connectivity index (χ2n) is 5.70. The van der Waals surface area contributed by atoms with Gasteiger partial charge in [0.1, 0.15) is 0 Å². The SMILES string of the molecule is NC(=O)c1c(C[CH]C(=O)Nc2cnc3ccccc3c2)cc(F)c(F)c1F. The van der Waals surface area contributed by atoms with Crippen molar-refractivity contribution in [2.45, 2.75) is 6.42 Å². The molecule has 3 rings (SSSR count). The number of benzene rings is 2. The van der Waals surface area contributed by atoms with Gasteiger partial charge in [0.05, 0.1) is 29.4 Å².